The van der Waals surface area contributed by atoms with Crippen molar-refractivity contribution in [3.63, 3.8) is 0 Å². The number of rotatable bonds is 3. The van der Waals surface area contributed by atoms with Crippen molar-refractivity contribution in [2.24, 2.45) is 0 Å². The van der Waals surface area contributed by atoms with E-state index in [2.05, 4.69) is 4.74 Å². The summed E-state index contributed by atoms with van der Waals surface area (Å²) in [5.41, 5.74) is 0. The minimum absolute atomic E-state index is 0. The molecule has 0 radical (unpaired) electrons. The molecule has 0 spiro atoms. The Balaban J connectivity index is 0. The van der Waals surface area contributed by atoms with Crippen LogP contribution in [0, 0.1) is 0 Å². The molecule has 1 N–H and O–H groups in total. The first-order chi connectivity index (χ1) is 3.68. The Morgan fingerprint density at radius 3 is 2.44 bits per heavy atom. The third kappa shape index (κ3) is 5.86. The van der Waals surface area contributed by atoms with E-state index in [1.807, 2.05) is 0 Å². The summed E-state index contributed by atoms with van der Waals surface area (Å²) in [6.07, 6.45) is -1.50. The van der Waals surface area contributed by atoms with Crippen molar-refractivity contribution >= 4 is 5.97 Å². The molecule has 0 aliphatic rings. The van der Waals surface area contributed by atoms with E-state index in [-0.39, 0.29) is 25.5 Å². The van der Waals surface area contributed by atoms with E-state index in [0.29, 0.717) is 0 Å². The monoisotopic (exact) mass is 126 g/mol. The number of aliphatic carboxylic acids is 1. The molecule has 1 unspecified atom stereocenters. The Labute approximate surface area is 65.0 Å². The van der Waals surface area contributed by atoms with Crippen molar-refractivity contribution in [3.8, 4) is 0 Å². The molecule has 0 saturated heterocycles. The molecule has 0 rings (SSSR count). The van der Waals surface area contributed by atoms with E-state index in [1.54, 1.807) is 0 Å². The fraction of sp³-hybridized carbons (Fsp3) is 0.750. The molecule has 0 fully saturated rings. The number of aliphatic hydroxyl groups excluding tert-OH is 1. The van der Waals surface area contributed by atoms with E-state index in [9.17, 15) is 9.90 Å². The second kappa shape index (κ2) is 6.11. The van der Waals surface area contributed by atoms with E-state index in [4.69, 9.17) is 5.11 Å². The second-order valence-corrected chi connectivity index (χ2v) is 1.29. The minimum Gasteiger partial charge on any atom is -0.547 e. The van der Waals surface area contributed by atoms with Gasteiger partial charge in [0.25, 0.3) is 0 Å². The molecule has 5 heteroatoms. The van der Waals surface area contributed by atoms with Gasteiger partial charge in [-0.05, 0) is 0 Å². The number of carbonyl (C=O) groups is 1. The van der Waals surface area contributed by atoms with Crippen LogP contribution in [0.5, 0.6) is 0 Å². The maximum absolute atomic E-state index is 9.65. The predicted octanol–water partition coefficient (Wildman–Crippen LogP) is -5.25. The number of hydrogen-bond acceptors (Lipinski definition) is 4. The van der Waals surface area contributed by atoms with Gasteiger partial charge in [0.05, 0.1) is 12.6 Å². The van der Waals surface area contributed by atoms with Gasteiger partial charge in [-0.1, -0.05) is 0 Å². The molecule has 0 aliphatic carbocycles. The van der Waals surface area contributed by atoms with Crippen LogP contribution in [0.15, 0.2) is 0 Å². The number of carboxylic acids is 1. The third-order valence-electron chi connectivity index (χ3n) is 0.597. The summed E-state index contributed by atoms with van der Waals surface area (Å²) in [5, 5.41) is 18.0. The van der Waals surface area contributed by atoms with Crippen LogP contribution >= 0.6 is 0 Å². The Morgan fingerprint density at radius 2 is 2.33 bits per heavy atom. The Hall–Kier alpha value is -0.0126. The predicted molar refractivity (Wildman–Crippen MR) is 22.9 cm³/mol. The molecule has 0 aromatic heterocycles. The topological polar surface area (TPSA) is 69.6 Å². The number of hydrogen-bond donors (Lipinski definition) is 1. The van der Waals surface area contributed by atoms with E-state index in [1.165, 1.54) is 7.11 Å². The summed E-state index contributed by atoms with van der Waals surface area (Å²) in [4.78, 5) is 9.65. The Kier molecular flexibility index (Phi) is 7.98. The molecular formula is C4H7LiO4. The zero-order valence-corrected chi connectivity index (χ0v) is 5.46. The van der Waals surface area contributed by atoms with Crippen molar-refractivity contribution in [2.75, 3.05) is 13.7 Å². The smallest absolute Gasteiger partial charge is 0.547 e. The Bertz CT molecular complexity index is 84.6. The van der Waals surface area contributed by atoms with Gasteiger partial charge in [-0.2, -0.15) is 0 Å². The average Bonchev–Trinajstić information content (AvgIpc) is 1.67. The normalized spacial score (nSPS) is 11.8. The number of carboxylic acid groups (broad SMARTS) is 1. The van der Waals surface area contributed by atoms with Crippen molar-refractivity contribution in [2.45, 2.75) is 6.10 Å². The minimum atomic E-state index is -1.51. The number of carbonyl (C=O) groups excluding carboxylic acids is 1. The van der Waals surface area contributed by atoms with Gasteiger partial charge >= 0.3 is 18.9 Å². The second-order valence-electron chi connectivity index (χ2n) is 1.29. The van der Waals surface area contributed by atoms with Gasteiger partial charge in [-0.3, -0.25) is 0 Å². The summed E-state index contributed by atoms with van der Waals surface area (Å²) >= 11 is 0. The molecule has 0 aromatic carbocycles. The van der Waals surface area contributed by atoms with Crippen LogP contribution in [0.3, 0.4) is 0 Å². The average molecular weight is 126 g/mol. The molecule has 0 aliphatic heterocycles. The number of methoxy groups -OCH3 is 1. The summed E-state index contributed by atoms with van der Waals surface area (Å²) in [7, 11) is 1.30. The zero-order valence-electron chi connectivity index (χ0n) is 5.46. The maximum Gasteiger partial charge on any atom is 1.00 e. The van der Waals surface area contributed by atoms with Crippen LogP contribution < -0.4 is 24.0 Å². The standard InChI is InChI=1S/C4H8O4.Li/c1-8-2-3(5)4(6)7;/h3,5H,2H2,1H3,(H,6,7);/q;+1/p-1. The van der Waals surface area contributed by atoms with Crippen molar-refractivity contribution < 1.29 is 38.6 Å². The van der Waals surface area contributed by atoms with Gasteiger partial charge < -0.3 is 19.7 Å². The molecule has 0 bridgehead atoms. The fourth-order valence-electron chi connectivity index (χ4n) is 0.226. The van der Waals surface area contributed by atoms with Crippen molar-refractivity contribution in [3.05, 3.63) is 0 Å². The van der Waals surface area contributed by atoms with Gasteiger partial charge in [0.2, 0.25) is 0 Å². The van der Waals surface area contributed by atoms with Crippen LogP contribution in [0.2, 0.25) is 0 Å². The van der Waals surface area contributed by atoms with Crippen LogP contribution in [0.4, 0.5) is 0 Å². The van der Waals surface area contributed by atoms with Crippen LogP contribution in [-0.2, 0) is 9.53 Å². The molecular weight excluding hydrogens is 119 g/mol. The molecule has 9 heavy (non-hydrogen) atoms. The quantitative estimate of drug-likeness (QED) is 0.383. The summed E-state index contributed by atoms with van der Waals surface area (Å²) in [6.45, 7) is -0.220. The first kappa shape index (κ1) is 11.7. The Morgan fingerprint density at radius 1 is 1.89 bits per heavy atom. The third-order valence-corrected chi connectivity index (χ3v) is 0.597. The van der Waals surface area contributed by atoms with Crippen molar-refractivity contribution in [1.82, 2.24) is 0 Å². The number of ether oxygens (including phenoxy) is 1. The van der Waals surface area contributed by atoms with Gasteiger partial charge in [0.15, 0.2) is 0 Å². The number of aliphatic hydroxyl groups is 1. The van der Waals surface area contributed by atoms with Gasteiger partial charge in [-0.15, -0.1) is 0 Å². The van der Waals surface area contributed by atoms with Crippen LogP contribution in [0.1, 0.15) is 0 Å². The molecule has 48 valence electrons. The van der Waals surface area contributed by atoms with Crippen molar-refractivity contribution in [1.29, 1.82) is 0 Å². The van der Waals surface area contributed by atoms with Crippen LogP contribution in [0.25, 0.3) is 0 Å². The fourth-order valence-corrected chi connectivity index (χ4v) is 0.226. The molecule has 0 amide bonds. The SMILES string of the molecule is COCC(O)C(=O)[O-].[Li+]. The molecule has 0 saturated carbocycles. The van der Waals surface area contributed by atoms with Crippen LogP contribution in [-0.4, -0.2) is 30.9 Å². The van der Waals surface area contributed by atoms with E-state index in [0.717, 1.165) is 0 Å². The largest absolute Gasteiger partial charge is 1.00 e. The summed E-state index contributed by atoms with van der Waals surface area (Å²) in [6, 6.07) is 0. The molecule has 0 aromatic rings. The van der Waals surface area contributed by atoms with E-state index >= 15 is 0 Å². The van der Waals surface area contributed by atoms with Gasteiger partial charge in [-0.25, -0.2) is 0 Å². The first-order valence-corrected chi connectivity index (χ1v) is 2.06. The molecule has 1 atom stereocenters. The molecule has 4 nitrogen and oxygen atoms in total. The molecule has 0 heterocycles. The first-order valence-electron chi connectivity index (χ1n) is 2.06. The summed E-state index contributed by atoms with van der Waals surface area (Å²) < 4.78 is 4.29. The maximum atomic E-state index is 9.65. The summed E-state index contributed by atoms with van der Waals surface area (Å²) in [5.74, 6) is -1.51. The van der Waals surface area contributed by atoms with Gasteiger partial charge in [0.1, 0.15) is 6.10 Å². The van der Waals surface area contributed by atoms with Gasteiger partial charge in [0, 0.05) is 7.11 Å². The van der Waals surface area contributed by atoms with E-state index < -0.39 is 12.1 Å². The zero-order chi connectivity index (χ0) is 6.57.